The van der Waals surface area contributed by atoms with Crippen LogP contribution in [0.1, 0.15) is 57.4 Å². The summed E-state index contributed by atoms with van der Waals surface area (Å²) < 4.78 is 16.8. The molecule has 6 heteroatoms. The molecule has 176 valence electrons. The second-order valence-electron chi connectivity index (χ2n) is 8.37. The normalized spacial score (nSPS) is 11.9. The average Bonchev–Trinajstić information content (AvgIpc) is 2.84. The summed E-state index contributed by atoms with van der Waals surface area (Å²) >= 11 is 0. The highest BCUT2D eigenvalue weighted by molar-refractivity contribution is 6.65. The molecule has 2 rings (SSSR count). The first kappa shape index (κ1) is 26.2. The van der Waals surface area contributed by atoms with E-state index >= 15 is 0 Å². The van der Waals surface area contributed by atoms with Crippen molar-refractivity contribution in [3.8, 4) is 5.75 Å². The number of unbranched alkanes of at least 4 members (excludes halogenated alkanes) is 5. The summed E-state index contributed by atoms with van der Waals surface area (Å²) in [5, 5.41) is 8.70. The maximum absolute atomic E-state index is 5.82. The highest BCUT2D eigenvalue weighted by Gasteiger charge is 2.27. The van der Waals surface area contributed by atoms with Crippen LogP contribution in [0.15, 0.2) is 58.8 Å². The van der Waals surface area contributed by atoms with Crippen LogP contribution in [0.5, 0.6) is 5.75 Å². The molecule has 0 aliphatic rings. The molecule has 0 fully saturated rings. The second-order valence-corrected chi connectivity index (χ2v) is 12.0. The highest BCUT2D eigenvalue weighted by Crippen LogP contribution is 2.23. The average molecular weight is 457 g/mol. The van der Waals surface area contributed by atoms with Gasteiger partial charge in [-0.3, -0.25) is 0 Å². The minimum atomic E-state index is -2.01. The number of aryl methyl sites for hydroxylation is 1. The lowest BCUT2D eigenvalue weighted by Gasteiger charge is -2.22. The third-order valence-corrected chi connectivity index (χ3v) is 8.77. The van der Waals surface area contributed by atoms with Gasteiger partial charge >= 0.3 is 8.56 Å². The molecule has 32 heavy (non-hydrogen) atoms. The molecule has 0 bridgehead atoms. The predicted molar refractivity (Wildman–Crippen MR) is 135 cm³/mol. The minimum Gasteiger partial charge on any atom is -0.494 e. The first-order valence-electron chi connectivity index (χ1n) is 11.9. The first-order chi connectivity index (χ1) is 15.6. The van der Waals surface area contributed by atoms with Crippen molar-refractivity contribution in [3.63, 3.8) is 0 Å². The Balaban J connectivity index is 1.72. The van der Waals surface area contributed by atoms with Crippen LogP contribution >= 0.6 is 0 Å². The van der Waals surface area contributed by atoms with Gasteiger partial charge in [-0.15, -0.1) is 0 Å². The van der Waals surface area contributed by atoms with E-state index in [-0.39, 0.29) is 0 Å². The topological polar surface area (TPSA) is 52.4 Å². The number of hydrogen-bond acceptors (Lipinski definition) is 5. The third-order valence-electron chi connectivity index (χ3n) is 5.78. The molecule has 0 saturated carbocycles. The van der Waals surface area contributed by atoms with Gasteiger partial charge < -0.3 is 13.6 Å². The van der Waals surface area contributed by atoms with Gasteiger partial charge in [0.05, 0.1) is 18.0 Å². The van der Waals surface area contributed by atoms with E-state index in [0.29, 0.717) is 6.61 Å². The molecule has 0 aliphatic heterocycles. The number of nitrogens with zero attached hydrogens (tertiary/aromatic N) is 2. The first-order valence-corrected chi connectivity index (χ1v) is 14.4. The summed E-state index contributed by atoms with van der Waals surface area (Å²) in [5.41, 5.74) is 3.06. The van der Waals surface area contributed by atoms with Crippen LogP contribution < -0.4 is 4.74 Å². The smallest absolute Gasteiger partial charge is 0.334 e. The van der Waals surface area contributed by atoms with Gasteiger partial charge in [-0.05, 0) is 73.8 Å². The Labute approximate surface area is 195 Å². The molecule has 2 aromatic rings. The number of hydrogen-bond donors (Lipinski definition) is 0. The van der Waals surface area contributed by atoms with E-state index < -0.39 is 8.56 Å². The van der Waals surface area contributed by atoms with E-state index in [1.807, 2.05) is 36.4 Å². The fraction of sp³-hybridized carbons (Fsp3) is 0.538. The third kappa shape index (κ3) is 10.1. The van der Waals surface area contributed by atoms with Gasteiger partial charge in [0.1, 0.15) is 5.75 Å². The lowest BCUT2D eigenvalue weighted by molar-refractivity contribution is 0.241. The van der Waals surface area contributed by atoms with Gasteiger partial charge in [0, 0.05) is 14.2 Å². The van der Waals surface area contributed by atoms with Crippen LogP contribution in [0.3, 0.4) is 0 Å². The van der Waals surface area contributed by atoms with E-state index in [1.165, 1.54) is 44.1 Å². The molecule has 0 radical (unpaired) electrons. The molecule has 0 aliphatic carbocycles. The zero-order valence-electron chi connectivity index (χ0n) is 20.3. The van der Waals surface area contributed by atoms with Crippen LogP contribution in [0.4, 0.5) is 11.4 Å². The minimum absolute atomic E-state index is 0.640. The lowest BCUT2D eigenvalue weighted by atomic mass is 10.0. The number of ether oxygens (including phenoxy) is 1. The summed E-state index contributed by atoms with van der Waals surface area (Å²) in [4.78, 5) is 0. The molecule has 0 heterocycles. The number of benzene rings is 2. The molecular formula is C26H40N2O3Si. The van der Waals surface area contributed by atoms with Crippen molar-refractivity contribution >= 4 is 19.9 Å². The molecular weight excluding hydrogens is 416 g/mol. The van der Waals surface area contributed by atoms with Gasteiger partial charge in [0.25, 0.3) is 0 Å². The van der Waals surface area contributed by atoms with Crippen molar-refractivity contribution in [2.24, 2.45) is 10.2 Å². The van der Waals surface area contributed by atoms with Crippen LogP contribution in [0.2, 0.25) is 12.6 Å². The van der Waals surface area contributed by atoms with Crippen LogP contribution in [0.25, 0.3) is 0 Å². The van der Waals surface area contributed by atoms with Crippen molar-refractivity contribution in [1.82, 2.24) is 0 Å². The van der Waals surface area contributed by atoms with Gasteiger partial charge in [0.15, 0.2) is 0 Å². The van der Waals surface area contributed by atoms with Crippen LogP contribution in [-0.4, -0.2) is 29.4 Å². The van der Waals surface area contributed by atoms with Gasteiger partial charge in [-0.25, -0.2) is 0 Å². The number of rotatable bonds is 16. The molecule has 0 atom stereocenters. The maximum atomic E-state index is 5.82. The largest absolute Gasteiger partial charge is 0.494 e. The quantitative estimate of drug-likeness (QED) is 0.145. The Morgan fingerprint density at radius 1 is 0.719 bits per heavy atom. The zero-order chi connectivity index (χ0) is 23.1. The molecule has 2 aromatic carbocycles. The van der Waals surface area contributed by atoms with E-state index in [4.69, 9.17) is 13.6 Å². The van der Waals surface area contributed by atoms with E-state index in [2.05, 4.69) is 35.8 Å². The molecule has 0 unspecified atom stereocenters. The summed E-state index contributed by atoms with van der Waals surface area (Å²) in [7, 11) is 1.42. The molecule has 0 amide bonds. The van der Waals surface area contributed by atoms with E-state index in [0.717, 1.165) is 36.0 Å². The molecule has 5 nitrogen and oxygen atoms in total. The van der Waals surface area contributed by atoms with Crippen molar-refractivity contribution in [2.75, 3.05) is 20.8 Å². The van der Waals surface area contributed by atoms with E-state index in [1.54, 1.807) is 14.2 Å². The van der Waals surface area contributed by atoms with Crippen molar-refractivity contribution in [1.29, 1.82) is 0 Å². The summed E-state index contributed by atoms with van der Waals surface area (Å²) in [5.74, 6) is 0.834. The Morgan fingerprint density at radius 2 is 1.28 bits per heavy atom. The van der Waals surface area contributed by atoms with E-state index in [9.17, 15) is 0 Å². The fourth-order valence-electron chi connectivity index (χ4n) is 3.43. The standard InChI is InChI=1S/C26H40N2O3Si/c1-5-6-7-8-9-10-12-23-13-15-24(16-14-23)27-28-25-17-19-26(20-18-25)31-21-11-22-32(4,29-2)30-3/h13-20H,5-12,21-22H2,1-4H3. The Kier molecular flexibility index (Phi) is 12.2. The van der Waals surface area contributed by atoms with Crippen molar-refractivity contribution < 1.29 is 13.6 Å². The van der Waals surface area contributed by atoms with Crippen LogP contribution in [-0.2, 0) is 15.3 Å². The van der Waals surface area contributed by atoms with Gasteiger partial charge in [-0.2, -0.15) is 10.2 Å². The van der Waals surface area contributed by atoms with Gasteiger partial charge in [0.2, 0.25) is 0 Å². The fourth-order valence-corrected chi connectivity index (χ4v) is 4.80. The molecule has 0 aromatic heterocycles. The zero-order valence-corrected chi connectivity index (χ0v) is 21.3. The molecule has 0 spiro atoms. The SMILES string of the molecule is CCCCCCCCc1ccc(N=Nc2ccc(OCCC[Si](C)(OC)OC)cc2)cc1. The summed E-state index contributed by atoms with van der Waals surface area (Å²) in [6.45, 7) is 4.96. The molecule has 0 N–H and O–H groups in total. The van der Waals surface area contributed by atoms with Gasteiger partial charge in [-0.1, -0.05) is 51.2 Å². The molecule has 0 saturated heterocycles. The summed E-state index contributed by atoms with van der Waals surface area (Å²) in [6.07, 6.45) is 10.0. The Morgan fingerprint density at radius 3 is 1.88 bits per heavy atom. The highest BCUT2D eigenvalue weighted by atomic mass is 28.4. The Bertz CT molecular complexity index is 775. The summed E-state index contributed by atoms with van der Waals surface area (Å²) in [6, 6.07) is 17.0. The monoisotopic (exact) mass is 456 g/mol. The Hall–Kier alpha value is -2.02. The number of azo groups is 1. The lowest BCUT2D eigenvalue weighted by Crippen LogP contribution is -2.36. The van der Waals surface area contributed by atoms with Crippen molar-refractivity contribution in [2.45, 2.75) is 70.9 Å². The maximum Gasteiger partial charge on any atom is 0.334 e. The van der Waals surface area contributed by atoms with Crippen LogP contribution in [0, 0.1) is 0 Å². The second kappa shape index (κ2) is 14.9. The predicted octanol–water partition coefficient (Wildman–Crippen LogP) is 8.14. The van der Waals surface area contributed by atoms with Crippen molar-refractivity contribution in [3.05, 3.63) is 54.1 Å².